The highest BCUT2D eigenvalue weighted by Gasteiger charge is 2.36. The van der Waals surface area contributed by atoms with Crippen molar-refractivity contribution in [2.75, 3.05) is 0 Å². The van der Waals surface area contributed by atoms with Gasteiger partial charge in [-0.05, 0) is 23.4 Å². The molecule has 0 fully saturated rings. The fourth-order valence-electron chi connectivity index (χ4n) is 3.34. The number of aryl methyl sites for hydroxylation is 1. The summed E-state index contributed by atoms with van der Waals surface area (Å²) < 4.78 is 43.2. The minimum absolute atomic E-state index is 0.0463. The van der Waals surface area contributed by atoms with Gasteiger partial charge in [0.25, 0.3) is 0 Å². The number of fused-ring (bicyclic) bond motifs is 3. The molecule has 5 rings (SSSR count). The predicted octanol–water partition coefficient (Wildman–Crippen LogP) is 4.73. The summed E-state index contributed by atoms with van der Waals surface area (Å²) in [5, 5.41) is 11.1. The molecule has 6 nitrogen and oxygen atoms in total. The van der Waals surface area contributed by atoms with Crippen LogP contribution >= 0.6 is 0 Å². The fraction of sp³-hybridized carbons (Fsp3) is 0.0952. The normalized spacial score (nSPS) is 12.0. The van der Waals surface area contributed by atoms with Crippen molar-refractivity contribution >= 4 is 16.7 Å². The third-order valence-electron chi connectivity index (χ3n) is 4.79. The summed E-state index contributed by atoms with van der Waals surface area (Å²) in [7, 11) is 0. The highest BCUT2D eigenvalue weighted by molar-refractivity contribution is 5.95. The first kappa shape index (κ1) is 18.2. The molecule has 0 spiro atoms. The molecule has 3 aromatic heterocycles. The Hall–Kier alpha value is -3.88. The number of rotatable bonds is 2. The second-order valence-corrected chi connectivity index (χ2v) is 6.83. The van der Waals surface area contributed by atoms with Crippen molar-refractivity contribution in [2.45, 2.75) is 13.1 Å². The number of tetrazole rings is 1. The third kappa shape index (κ3) is 2.95. The molecule has 0 N–H and O–H groups in total. The Morgan fingerprint density at radius 2 is 1.60 bits per heavy atom. The molecular weight excluding hydrogens is 393 g/mol. The second-order valence-electron chi connectivity index (χ2n) is 6.83. The van der Waals surface area contributed by atoms with Crippen LogP contribution in [0.3, 0.4) is 0 Å². The molecule has 5 aromatic rings. The maximum atomic E-state index is 14.0. The van der Waals surface area contributed by atoms with Crippen molar-refractivity contribution in [3.05, 3.63) is 71.8 Å². The molecule has 0 unspecified atom stereocenters. The molecule has 0 atom stereocenters. The lowest BCUT2D eigenvalue weighted by atomic mass is 10.1. The maximum absolute atomic E-state index is 14.0. The van der Waals surface area contributed by atoms with Crippen molar-refractivity contribution in [3.8, 4) is 22.6 Å². The zero-order valence-corrected chi connectivity index (χ0v) is 15.6. The lowest BCUT2D eigenvalue weighted by Crippen LogP contribution is -2.10. The summed E-state index contributed by atoms with van der Waals surface area (Å²) in [6.07, 6.45) is -4.63. The van der Waals surface area contributed by atoms with E-state index in [0.717, 1.165) is 11.6 Å². The van der Waals surface area contributed by atoms with Gasteiger partial charge in [-0.25, -0.2) is 9.97 Å². The number of alkyl halides is 3. The number of hydrogen-bond donors (Lipinski definition) is 0. The molecular formula is C21H13F3N6. The van der Waals surface area contributed by atoms with Crippen molar-refractivity contribution in [1.82, 2.24) is 30.0 Å². The third-order valence-corrected chi connectivity index (χ3v) is 4.79. The van der Waals surface area contributed by atoms with E-state index in [4.69, 9.17) is 0 Å². The van der Waals surface area contributed by atoms with Gasteiger partial charge in [-0.1, -0.05) is 60.2 Å². The zero-order valence-electron chi connectivity index (χ0n) is 15.6. The lowest BCUT2D eigenvalue weighted by molar-refractivity contribution is -0.136. The largest absolute Gasteiger partial charge is 0.417 e. The van der Waals surface area contributed by atoms with Gasteiger partial charge in [0.1, 0.15) is 0 Å². The Morgan fingerprint density at radius 3 is 2.30 bits per heavy atom. The van der Waals surface area contributed by atoms with Crippen molar-refractivity contribution in [1.29, 1.82) is 0 Å². The molecule has 0 saturated carbocycles. The quantitative estimate of drug-likeness (QED) is 0.424. The Morgan fingerprint density at radius 1 is 0.867 bits per heavy atom. The summed E-state index contributed by atoms with van der Waals surface area (Å²) in [4.78, 5) is 8.88. The van der Waals surface area contributed by atoms with E-state index >= 15 is 0 Å². The van der Waals surface area contributed by atoms with Crippen LogP contribution in [0.15, 0.2) is 60.7 Å². The Kier molecular flexibility index (Phi) is 3.99. The standard InChI is InChI=1S/C21H13F3N6/c1-12-7-9-14(10-8-12)19-26-18-17(20-27-28-29-30(19)20)15(21(22,23)24)11-16(25-18)13-5-3-2-4-6-13/h2-11H,1H3. The van der Waals surface area contributed by atoms with Crippen molar-refractivity contribution < 1.29 is 13.2 Å². The van der Waals surface area contributed by atoms with Gasteiger partial charge < -0.3 is 0 Å². The topological polar surface area (TPSA) is 68.9 Å². The van der Waals surface area contributed by atoms with Gasteiger partial charge in [0.15, 0.2) is 17.1 Å². The SMILES string of the molecule is Cc1ccc(-c2nc3nc(-c4ccccc4)cc(C(F)(F)F)c3c3nnnn23)cc1. The van der Waals surface area contributed by atoms with E-state index in [1.807, 2.05) is 31.2 Å². The predicted molar refractivity (Wildman–Crippen MR) is 104 cm³/mol. The summed E-state index contributed by atoms with van der Waals surface area (Å²) >= 11 is 0. The van der Waals surface area contributed by atoms with Crippen LogP contribution in [0.5, 0.6) is 0 Å². The fourth-order valence-corrected chi connectivity index (χ4v) is 3.34. The molecule has 0 saturated heterocycles. The molecule has 3 heterocycles. The molecule has 148 valence electrons. The first-order valence-electron chi connectivity index (χ1n) is 9.04. The van der Waals surface area contributed by atoms with E-state index in [9.17, 15) is 13.2 Å². The molecule has 0 radical (unpaired) electrons. The van der Waals surface area contributed by atoms with Crippen LogP contribution in [0, 0.1) is 6.92 Å². The van der Waals surface area contributed by atoms with Crippen LogP contribution in [0.4, 0.5) is 13.2 Å². The van der Waals surface area contributed by atoms with Gasteiger partial charge in [0, 0.05) is 11.1 Å². The van der Waals surface area contributed by atoms with Crippen molar-refractivity contribution in [3.63, 3.8) is 0 Å². The van der Waals surface area contributed by atoms with E-state index in [-0.39, 0.29) is 22.4 Å². The molecule has 0 aliphatic heterocycles. The Labute approximate surface area is 168 Å². The molecule has 0 aliphatic carbocycles. The zero-order chi connectivity index (χ0) is 20.9. The van der Waals surface area contributed by atoms with Gasteiger partial charge in [0.2, 0.25) is 0 Å². The lowest BCUT2D eigenvalue weighted by Gasteiger charge is -2.14. The Balaban J connectivity index is 1.89. The monoisotopic (exact) mass is 406 g/mol. The van der Waals surface area contributed by atoms with Crippen LogP contribution in [-0.4, -0.2) is 30.0 Å². The molecule has 2 aromatic carbocycles. The van der Waals surface area contributed by atoms with Gasteiger partial charge in [-0.3, -0.25) is 0 Å². The number of halogens is 3. The molecule has 0 aliphatic rings. The minimum Gasteiger partial charge on any atom is -0.228 e. The van der Waals surface area contributed by atoms with Crippen LogP contribution < -0.4 is 0 Å². The molecule has 30 heavy (non-hydrogen) atoms. The average Bonchev–Trinajstić information content (AvgIpc) is 3.23. The summed E-state index contributed by atoms with van der Waals surface area (Å²) in [5.74, 6) is 0.313. The highest BCUT2D eigenvalue weighted by Crippen LogP contribution is 2.38. The minimum atomic E-state index is -4.63. The van der Waals surface area contributed by atoms with E-state index < -0.39 is 11.7 Å². The first-order chi connectivity index (χ1) is 14.4. The van der Waals surface area contributed by atoms with Crippen LogP contribution in [0.1, 0.15) is 11.1 Å². The first-order valence-corrected chi connectivity index (χ1v) is 9.04. The summed E-state index contributed by atoms with van der Waals surface area (Å²) in [6, 6.07) is 17.1. The summed E-state index contributed by atoms with van der Waals surface area (Å²) in [5.41, 5.74) is 1.44. The number of pyridine rings is 1. The second kappa shape index (κ2) is 6.58. The van der Waals surface area contributed by atoms with Crippen LogP contribution in [0.2, 0.25) is 0 Å². The van der Waals surface area contributed by atoms with Gasteiger partial charge >= 0.3 is 6.18 Å². The maximum Gasteiger partial charge on any atom is 0.417 e. The van der Waals surface area contributed by atoms with Crippen molar-refractivity contribution in [2.24, 2.45) is 0 Å². The highest BCUT2D eigenvalue weighted by atomic mass is 19.4. The van der Waals surface area contributed by atoms with E-state index in [2.05, 4.69) is 25.5 Å². The number of hydrogen-bond acceptors (Lipinski definition) is 5. The smallest absolute Gasteiger partial charge is 0.228 e. The summed E-state index contributed by atoms with van der Waals surface area (Å²) in [6.45, 7) is 1.94. The average molecular weight is 406 g/mol. The molecule has 0 amide bonds. The van der Waals surface area contributed by atoms with Gasteiger partial charge in [-0.2, -0.15) is 17.7 Å². The van der Waals surface area contributed by atoms with Crippen LogP contribution in [0.25, 0.3) is 39.3 Å². The van der Waals surface area contributed by atoms with Gasteiger partial charge in [0.05, 0.1) is 16.6 Å². The Bertz CT molecular complexity index is 1380. The van der Waals surface area contributed by atoms with E-state index in [1.165, 1.54) is 4.52 Å². The molecule has 9 heteroatoms. The van der Waals surface area contributed by atoms with Gasteiger partial charge in [-0.15, -0.1) is 5.10 Å². The number of aromatic nitrogens is 6. The molecule has 0 bridgehead atoms. The van der Waals surface area contributed by atoms with Crippen LogP contribution in [-0.2, 0) is 6.18 Å². The van der Waals surface area contributed by atoms with E-state index in [0.29, 0.717) is 17.0 Å². The number of nitrogens with zero attached hydrogens (tertiary/aromatic N) is 6. The number of benzene rings is 2. The van der Waals surface area contributed by atoms with E-state index in [1.54, 1.807) is 30.3 Å².